The fourth-order valence-corrected chi connectivity index (χ4v) is 2.00. The molecule has 1 unspecified atom stereocenters. The number of nitrogens with zero attached hydrogens (tertiary/aromatic N) is 2. The Balaban J connectivity index is 2.49. The SMILES string of the molecule is CCN(CC(=O)O)C1CCN(C(C)=O)C1. The van der Waals surface area contributed by atoms with E-state index in [0.29, 0.717) is 13.1 Å². The molecule has 1 rings (SSSR count). The van der Waals surface area contributed by atoms with Crippen LogP contribution in [0.15, 0.2) is 0 Å². The summed E-state index contributed by atoms with van der Waals surface area (Å²) in [4.78, 5) is 25.4. The van der Waals surface area contributed by atoms with Crippen LogP contribution in [0.5, 0.6) is 0 Å². The monoisotopic (exact) mass is 214 g/mol. The van der Waals surface area contributed by atoms with E-state index in [0.717, 1.165) is 13.0 Å². The van der Waals surface area contributed by atoms with Crippen molar-refractivity contribution in [3.05, 3.63) is 0 Å². The quantitative estimate of drug-likeness (QED) is 0.716. The number of hydrogen-bond acceptors (Lipinski definition) is 3. The van der Waals surface area contributed by atoms with Crippen LogP contribution in [-0.2, 0) is 9.59 Å². The minimum absolute atomic E-state index is 0.0624. The average Bonchev–Trinajstić information content (AvgIpc) is 2.62. The summed E-state index contributed by atoms with van der Waals surface area (Å²) in [6.45, 7) is 5.68. The second-order valence-corrected chi connectivity index (χ2v) is 3.86. The van der Waals surface area contributed by atoms with Crippen LogP contribution < -0.4 is 0 Å². The fraction of sp³-hybridized carbons (Fsp3) is 0.800. The average molecular weight is 214 g/mol. The van der Waals surface area contributed by atoms with Crippen molar-refractivity contribution in [2.24, 2.45) is 0 Å². The zero-order valence-electron chi connectivity index (χ0n) is 9.27. The number of carbonyl (C=O) groups excluding carboxylic acids is 1. The van der Waals surface area contributed by atoms with E-state index in [9.17, 15) is 9.59 Å². The Bertz CT molecular complexity index is 255. The molecule has 0 spiro atoms. The molecule has 5 nitrogen and oxygen atoms in total. The zero-order chi connectivity index (χ0) is 11.4. The Morgan fingerprint density at radius 2 is 2.20 bits per heavy atom. The Morgan fingerprint density at radius 1 is 1.53 bits per heavy atom. The topological polar surface area (TPSA) is 60.9 Å². The maximum Gasteiger partial charge on any atom is 0.317 e. The smallest absolute Gasteiger partial charge is 0.317 e. The maximum atomic E-state index is 11.1. The van der Waals surface area contributed by atoms with Crippen molar-refractivity contribution >= 4 is 11.9 Å². The Kier molecular flexibility index (Phi) is 4.08. The van der Waals surface area contributed by atoms with Crippen LogP contribution in [0.4, 0.5) is 0 Å². The van der Waals surface area contributed by atoms with E-state index in [2.05, 4.69) is 0 Å². The molecule has 0 saturated carbocycles. The number of amides is 1. The molecule has 1 aliphatic rings. The van der Waals surface area contributed by atoms with Crippen LogP contribution in [0, 0.1) is 0 Å². The first-order valence-electron chi connectivity index (χ1n) is 5.26. The highest BCUT2D eigenvalue weighted by molar-refractivity contribution is 5.73. The van der Waals surface area contributed by atoms with Gasteiger partial charge in [0, 0.05) is 26.1 Å². The molecule has 0 aromatic heterocycles. The van der Waals surface area contributed by atoms with E-state index < -0.39 is 5.97 Å². The highest BCUT2D eigenvalue weighted by Gasteiger charge is 2.28. The molecule has 15 heavy (non-hydrogen) atoms. The number of likely N-dealkylation sites (N-methyl/N-ethyl adjacent to an activating group) is 1. The molecule has 1 amide bonds. The van der Waals surface area contributed by atoms with Gasteiger partial charge in [-0.3, -0.25) is 14.5 Å². The highest BCUT2D eigenvalue weighted by atomic mass is 16.4. The van der Waals surface area contributed by atoms with Crippen LogP contribution in [0.3, 0.4) is 0 Å². The molecule has 0 aliphatic carbocycles. The van der Waals surface area contributed by atoms with E-state index >= 15 is 0 Å². The third-order valence-electron chi connectivity index (χ3n) is 2.87. The summed E-state index contributed by atoms with van der Waals surface area (Å²) in [5.41, 5.74) is 0. The van der Waals surface area contributed by atoms with E-state index in [-0.39, 0.29) is 18.5 Å². The van der Waals surface area contributed by atoms with Gasteiger partial charge in [-0.25, -0.2) is 0 Å². The lowest BCUT2D eigenvalue weighted by molar-refractivity contribution is -0.138. The van der Waals surface area contributed by atoms with Crippen LogP contribution >= 0.6 is 0 Å². The van der Waals surface area contributed by atoms with Crippen molar-refractivity contribution in [2.75, 3.05) is 26.2 Å². The van der Waals surface area contributed by atoms with Crippen molar-refractivity contribution in [2.45, 2.75) is 26.3 Å². The molecular weight excluding hydrogens is 196 g/mol. The zero-order valence-corrected chi connectivity index (χ0v) is 9.27. The van der Waals surface area contributed by atoms with E-state index in [4.69, 9.17) is 5.11 Å². The number of carboxylic acids is 1. The van der Waals surface area contributed by atoms with Crippen molar-refractivity contribution < 1.29 is 14.7 Å². The predicted octanol–water partition coefficient (Wildman–Crippen LogP) is 0.0137. The predicted molar refractivity (Wildman–Crippen MR) is 55.5 cm³/mol. The summed E-state index contributed by atoms with van der Waals surface area (Å²) in [7, 11) is 0. The van der Waals surface area contributed by atoms with E-state index in [1.165, 1.54) is 0 Å². The maximum absolute atomic E-state index is 11.1. The van der Waals surface area contributed by atoms with Crippen LogP contribution in [0.1, 0.15) is 20.3 Å². The van der Waals surface area contributed by atoms with Crippen LogP contribution in [0.25, 0.3) is 0 Å². The summed E-state index contributed by atoms with van der Waals surface area (Å²) in [6, 6.07) is 0.204. The fourth-order valence-electron chi connectivity index (χ4n) is 2.00. The standard InChI is InChI=1S/C10H18N2O3/c1-3-11(7-10(14)15)9-4-5-12(6-9)8(2)13/h9H,3-7H2,1-2H3,(H,14,15). The summed E-state index contributed by atoms with van der Waals surface area (Å²) in [6.07, 6.45) is 0.876. The van der Waals surface area contributed by atoms with E-state index in [1.807, 2.05) is 11.8 Å². The normalized spacial score (nSPS) is 21.0. The van der Waals surface area contributed by atoms with Gasteiger partial charge < -0.3 is 10.0 Å². The van der Waals surface area contributed by atoms with Crippen molar-refractivity contribution in [1.82, 2.24) is 9.80 Å². The first-order valence-corrected chi connectivity index (χ1v) is 5.26. The van der Waals surface area contributed by atoms with Gasteiger partial charge in [-0.1, -0.05) is 6.92 Å². The lowest BCUT2D eigenvalue weighted by Gasteiger charge is -2.25. The molecule has 0 aromatic rings. The molecule has 86 valence electrons. The molecule has 1 aliphatic heterocycles. The van der Waals surface area contributed by atoms with Gasteiger partial charge in [0.2, 0.25) is 5.91 Å². The lowest BCUT2D eigenvalue weighted by Crippen LogP contribution is -2.41. The Hall–Kier alpha value is -1.10. The number of likely N-dealkylation sites (tertiary alicyclic amines) is 1. The number of carboxylic acid groups (broad SMARTS) is 1. The van der Waals surface area contributed by atoms with E-state index in [1.54, 1.807) is 11.8 Å². The molecule has 0 bridgehead atoms. The van der Waals surface area contributed by atoms with Crippen LogP contribution in [-0.4, -0.2) is 59.0 Å². The van der Waals surface area contributed by atoms with Gasteiger partial charge in [-0.2, -0.15) is 0 Å². The van der Waals surface area contributed by atoms with Gasteiger partial charge in [0.1, 0.15) is 0 Å². The summed E-state index contributed by atoms with van der Waals surface area (Å²) in [5.74, 6) is -0.734. The molecule has 1 heterocycles. The van der Waals surface area contributed by atoms with Crippen molar-refractivity contribution in [1.29, 1.82) is 0 Å². The van der Waals surface area contributed by atoms with Crippen molar-refractivity contribution in [3.8, 4) is 0 Å². The first kappa shape index (κ1) is 12.0. The third-order valence-corrected chi connectivity index (χ3v) is 2.87. The Labute approximate surface area is 89.7 Å². The van der Waals surface area contributed by atoms with Gasteiger partial charge in [0.15, 0.2) is 0 Å². The van der Waals surface area contributed by atoms with Gasteiger partial charge in [-0.05, 0) is 13.0 Å². The minimum atomic E-state index is -0.807. The van der Waals surface area contributed by atoms with Gasteiger partial charge >= 0.3 is 5.97 Å². The number of rotatable bonds is 4. The number of carbonyl (C=O) groups is 2. The molecule has 0 aromatic carbocycles. The molecule has 1 atom stereocenters. The van der Waals surface area contributed by atoms with Gasteiger partial charge in [0.25, 0.3) is 0 Å². The third kappa shape index (κ3) is 3.20. The molecule has 1 fully saturated rings. The largest absolute Gasteiger partial charge is 0.480 e. The first-order chi connectivity index (χ1) is 7.04. The summed E-state index contributed by atoms with van der Waals surface area (Å²) < 4.78 is 0. The second kappa shape index (κ2) is 5.11. The lowest BCUT2D eigenvalue weighted by atomic mass is 10.2. The number of aliphatic carboxylic acids is 1. The van der Waals surface area contributed by atoms with Gasteiger partial charge in [-0.15, -0.1) is 0 Å². The molecule has 1 saturated heterocycles. The Morgan fingerprint density at radius 3 is 2.60 bits per heavy atom. The summed E-state index contributed by atoms with van der Waals surface area (Å²) in [5, 5.41) is 8.73. The molecule has 1 N–H and O–H groups in total. The van der Waals surface area contributed by atoms with Gasteiger partial charge in [0.05, 0.1) is 6.54 Å². The second-order valence-electron chi connectivity index (χ2n) is 3.86. The van der Waals surface area contributed by atoms with Crippen LogP contribution in [0.2, 0.25) is 0 Å². The summed E-state index contributed by atoms with van der Waals surface area (Å²) >= 11 is 0. The minimum Gasteiger partial charge on any atom is -0.480 e. The molecule has 0 radical (unpaired) electrons. The molecule has 5 heteroatoms. The molecular formula is C10H18N2O3. The highest BCUT2D eigenvalue weighted by Crippen LogP contribution is 2.15. The number of hydrogen-bond donors (Lipinski definition) is 1. The van der Waals surface area contributed by atoms with Crippen molar-refractivity contribution in [3.63, 3.8) is 0 Å².